The molecule has 0 aromatic heterocycles. The molecule has 78 valence electrons. The smallest absolute Gasteiger partial charge is 0.155 e. The lowest BCUT2D eigenvalue weighted by molar-refractivity contribution is 0.595. The summed E-state index contributed by atoms with van der Waals surface area (Å²) in [6.07, 6.45) is 0. The fraction of sp³-hybridized carbons (Fsp3) is 0.333. The Morgan fingerprint density at radius 2 is 1.79 bits per heavy atom. The Hall–Kier alpha value is -0.390. The van der Waals surface area contributed by atoms with E-state index < -0.39 is 9.84 Å². The normalized spacial score (nSPS) is 11.6. The van der Waals surface area contributed by atoms with Gasteiger partial charge < -0.3 is 5.73 Å². The number of hydrogen-bond acceptors (Lipinski definition) is 3. The minimum Gasteiger partial charge on any atom is -0.329 e. The lowest BCUT2D eigenvalue weighted by Crippen LogP contribution is -2.17. The number of hydrogen-bond donors (Lipinski definition) is 1. The second kappa shape index (κ2) is 4.91. The second-order valence-corrected chi connectivity index (χ2v) is 6.11. The van der Waals surface area contributed by atoms with Crippen LogP contribution < -0.4 is 5.73 Å². The first kappa shape index (κ1) is 11.7. The van der Waals surface area contributed by atoms with E-state index in [4.69, 9.17) is 5.73 Å². The molecule has 1 rings (SSSR count). The van der Waals surface area contributed by atoms with E-state index in [9.17, 15) is 8.42 Å². The molecule has 2 N–H and O–H groups in total. The molecule has 0 saturated heterocycles. The predicted octanol–water partition coefficient (Wildman–Crippen LogP) is 1.32. The van der Waals surface area contributed by atoms with E-state index >= 15 is 0 Å². The zero-order chi connectivity index (χ0) is 10.6. The van der Waals surface area contributed by atoms with Gasteiger partial charge in [0.15, 0.2) is 9.84 Å². The topological polar surface area (TPSA) is 60.2 Å². The summed E-state index contributed by atoms with van der Waals surface area (Å²) < 4.78 is 23.7. The lowest BCUT2D eigenvalue weighted by atomic mass is 10.2. The van der Waals surface area contributed by atoms with Gasteiger partial charge in [0.2, 0.25) is 0 Å². The van der Waals surface area contributed by atoms with Gasteiger partial charge in [0.1, 0.15) is 0 Å². The number of rotatable bonds is 4. The molecule has 0 bridgehead atoms. The van der Waals surface area contributed by atoms with E-state index in [2.05, 4.69) is 15.9 Å². The highest BCUT2D eigenvalue weighted by Crippen LogP contribution is 2.12. The second-order valence-electron chi connectivity index (χ2n) is 3.01. The third kappa shape index (κ3) is 3.77. The van der Waals surface area contributed by atoms with Gasteiger partial charge in [-0.15, -0.1) is 0 Å². The zero-order valence-electron chi connectivity index (χ0n) is 7.61. The maximum absolute atomic E-state index is 11.4. The molecular formula is C9H12BrNO2S. The van der Waals surface area contributed by atoms with Gasteiger partial charge in [-0.05, 0) is 17.7 Å². The van der Waals surface area contributed by atoms with Crippen LogP contribution in [0.3, 0.4) is 0 Å². The minimum atomic E-state index is -3.04. The first-order valence-corrected chi connectivity index (χ1v) is 6.80. The van der Waals surface area contributed by atoms with Gasteiger partial charge in [0.25, 0.3) is 0 Å². The van der Waals surface area contributed by atoms with Crippen LogP contribution in [0.1, 0.15) is 5.56 Å². The standard InChI is InChI=1S/C9H12BrNO2S/c10-9-3-1-8(2-4-9)7-14(12,13)6-5-11/h1-4H,5-7,11H2. The van der Waals surface area contributed by atoms with Gasteiger partial charge in [-0.25, -0.2) is 8.42 Å². The summed E-state index contributed by atoms with van der Waals surface area (Å²) in [5.74, 6) is 0.112. The van der Waals surface area contributed by atoms with Gasteiger partial charge >= 0.3 is 0 Å². The maximum Gasteiger partial charge on any atom is 0.155 e. The molecule has 1 aromatic carbocycles. The summed E-state index contributed by atoms with van der Waals surface area (Å²) in [5.41, 5.74) is 6.00. The number of nitrogens with two attached hydrogens (primary N) is 1. The molecule has 14 heavy (non-hydrogen) atoms. The third-order valence-electron chi connectivity index (χ3n) is 1.73. The average Bonchev–Trinajstić information content (AvgIpc) is 2.08. The monoisotopic (exact) mass is 277 g/mol. The Morgan fingerprint density at radius 1 is 1.21 bits per heavy atom. The molecule has 0 saturated carbocycles. The van der Waals surface area contributed by atoms with Crippen molar-refractivity contribution in [3.8, 4) is 0 Å². The SMILES string of the molecule is NCCS(=O)(=O)Cc1ccc(Br)cc1. The fourth-order valence-electron chi connectivity index (χ4n) is 1.09. The summed E-state index contributed by atoms with van der Waals surface area (Å²) in [7, 11) is -3.04. The molecule has 3 nitrogen and oxygen atoms in total. The molecule has 1 aromatic rings. The first-order valence-electron chi connectivity index (χ1n) is 4.18. The largest absolute Gasteiger partial charge is 0.329 e. The summed E-state index contributed by atoms with van der Waals surface area (Å²) in [6.45, 7) is 0.179. The van der Waals surface area contributed by atoms with Crippen molar-refractivity contribution in [3.05, 3.63) is 34.3 Å². The number of sulfone groups is 1. The van der Waals surface area contributed by atoms with Crippen molar-refractivity contribution in [2.45, 2.75) is 5.75 Å². The van der Waals surface area contributed by atoms with E-state index in [0.717, 1.165) is 10.0 Å². The van der Waals surface area contributed by atoms with E-state index in [-0.39, 0.29) is 18.1 Å². The van der Waals surface area contributed by atoms with Crippen molar-refractivity contribution >= 4 is 25.8 Å². The maximum atomic E-state index is 11.4. The molecular weight excluding hydrogens is 266 g/mol. The molecule has 0 aliphatic carbocycles. The predicted molar refractivity (Wildman–Crippen MR) is 60.7 cm³/mol. The Labute approximate surface area is 92.4 Å². The zero-order valence-corrected chi connectivity index (χ0v) is 10.0. The van der Waals surface area contributed by atoms with Crippen molar-refractivity contribution in [1.29, 1.82) is 0 Å². The summed E-state index contributed by atoms with van der Waals surface area (Å²) in [5, 5.41) is 0. The molecule has 0 heterocycles. The van der Waals surface area contributed by atoms with E-state index in [1.165, 1.54) is 0 Å². The molecule has 0 atom stereocenters. The molecule has 0 amide bonds. The summed E-state index contributed by atoms with van der Waals surface area (Å²) in [4.78, 5) is 0. The van der Waals surface area contributed by atoms with Crippen LogP contribution in [0.25, 0.3) is 0 Å². The van der Waals surface area contributed by atoms with Crippen molar-refractivity contribution in [1.82, 2.24) is 0 Å². The first-order chi connectivity index (χ1) is 6.53. The highest BCUT2D eigenvalue weighted by atomic mass is 79.9. The average molecular weight is 278 g/mol. The van der Waals surface area contributed by atoms with Gasteiger partial charge in [-0.1, -0.05) is 28.1 Å². The minimum absolute atomic E-state index is 0.0447. The van der Waals surface area contributed by atoms with Crippen LogP contribution in [-0.4, -0.2) is 20.7 Å². The van der Waals surface area contributed by atoms with Crippen molar-refractivity contribution < 1.29 is 8.42 Å². The quantitative estimate of drug-likeness (QED) is 0.903. The Morgan fingerprint density at radius 3 is 2.29 bits per heavy atom. The molecule has 0 fully saturated rings. The Bertz CT molecular complexity index is 386. The lowest BCUT2D eigenvalue weighted by Gasteiger charge is -2.02. The van der Waals surface area contributed by atoms with Crippen LogP contribution in [0.5, 0.6) is 0 Å². The molecule has 0 radical (unpaired) electrons. The highest BCUT2D eigenvalue weighted by Gasteiger charge is 2.10. The fourth-order valence-corrected chi connectivity index (χ4v) is 2.55. The molecule has 0 spiro atoms. The summed E-state index contributed by atoms with van der Waals surface area (Å²) in [6, 6.07) is 7.23. The van der Waals surface area contributed by atoms with Gasteiger partial charge in [-0.2, -0.15) is 0 Å². The molecule has 5 heteroatoms. The highest BCUT2D eigenvalue weighted by molar-refractivity contribution is 9.10. The Kier molecular flexibility index (Phi) is 4.10. The van der Waals surface area contributed by atoms with Crippen molar-refractivity contribution in [3.63, 3.8) is 0 Å². The van der Waals surface area contributed by atoms with Gasteiger partial charge in [0.05, 0.1) is 11.5 Å². The van der Waals surface area contributed by atoms with Gasteiger partial charge in [-0.3, -0.25) is 0 Å². The van der Waals surface area contributed by atoms with Crippen LogP contribution in [-0.2, 0) is 15.6 Å². The number of benzene rings is 1. The molecule has 0 unspecified atom stereocenters. The Balaban J connectivity index is 2.74. The third-order valence-corrected chi connectivity index (χ3v) is 3.89. The van der Waals surface area contributed by atoms with Crippen LogP contribution in [0.2, 0.25) is 0 Å². The van der Waals surface area contributed by atoms with E-state index in [1.807, 2.05) is 12.1 Å². The van der Waals surface area contributed by atoms with Crippen LogP contribution in [0.4, 0.5) is 0 Å². The summed E-state index contributed by atoms with van der Waals surface area (Å²) >= 11 is 3.29. The van der Waals surface area contributed by atoms with Crippen molar-refractivity contribution in [2.24, 2.45) is 5.73 Å². The van der Waals surface area contributed by atoms with Crippen LogP contribution in [0, 0.1) is 0 Å². The van der Waals surface area contributed by atoms with E-state index in [1.54, 1.807) is 12.1 Å². The van der Waals surface area contributed by atoms with Gasteiger partial charge in [0, 0.05) is 11.0 Å². The van der Waals surface area contributed by atoms with E-state index in [0.29, 0.717) is 0 Å². The van der Waals surface area contributed by atoms with Crippen LogP contribution >= 0.6 is 15.9 Å². The van der Waals surface area contributed by atoms with Crippen LogP contribution in [0.15, 0.2) is 28.7 Å². The van der Waals surface area contributed by atoms with Crippen molar-refractivity contribution in [2.75, 3.05) is 12.3 Å². The number of halogens is 1. The molecule has 0 aliphatic rings. The molecule has 0 aliphatic heterocycles.